The van der Waals surface area contributed by atoms with Gasteiger partial charge in [0.15, 0.2) is 0 Å². The van der Waals surface area contributed by atoms with E-state index in [1.165, 1.54) is 68.7 Å². The van der Waals surface area contributed by atoms with E-state index in [1.54, 1.807) is 0 Å². The van der Waals surface area contributed by atoms with Gasteiger partial charge in [0.2, 0.25) is 0 Å². The van der Waals surface area contributed by atoms with Crippen LogP contribution in [0.15, 0.2) is 18.2 Å². The second-order valence-electron chi connectivity index (χ2n) is 8.47. The van der Waals surface area contributed by atoms with Crippen LogP contribution in [0.2, 0.25) is 0 Å². The topological polar surface area (TPSA) is 24.5 Å². The van der Waals surface area contributed by atoms with Gasteiger partial charge in [0.25, 0.3) is 0 Å². The summed E-state index contributed by atoms with van der Waals surface area (Å²) in [5.41, 5.74) is 3.37. The van der Waals surface area contributed by atoms with Crippen molar-refractivity contribution in [2.75, 3.05) is 26.2 Å². The van der Waals surface area contributed by atoms with Crippen molar-refractivity contribution < 1.29 is 4.74 Å². The predicted octanol–water partition coefficient (Wildman–Crippen LogP) is 4.21. The van der Waals surface area contributed by atoms with E-state index in [0.29, 0.717) is 5.41 Å². The minimum Gasteiger partial charge on any atom is -0.487 e. The Hall–Kier alpha value is -0.480. The van der Waals surface area contributed by atoms with Gasteiger partial charge >= 0.3 is 0 Å². The van der Waals surface area contributed by atoms with Crippen LogP contribution in [-0.2, 0) is 13.0 Å². The van der Waals surface area contributed by atoms with Gasteiger partial charge < -0.3 is 10.1 Å². The number of fused-ring (bicyclic) bond motifs is 1. The number of hydrogen-bond donors (Lipinski definition) is 1. The molecule has 2 saturated heterocycles. The van der Waals surface area contributed by atoms with E-state index in [-0.39, 0.29) is 30.4 Å². The number of rotatable bonds is 2. The zero-order valence-corrected chi connectivity index (χ0v) is 17.1. The van der Waals surface area contributed by atoms with Gasteiger partial charge in [-0.05, 0) is 76.7 Å². The molecule has 0 radical (unpaired) electrons. The Morgan fingerprint density at radius 3 is 2.40 bits per heavy atom. The molecule has 0 saturated carbocycles. The van der Waals surface area contributed by atoms with Crippen molar-refractivity contribution in [2.24, 2.45) is 5.41 Å². The molecule has 25 heavy (non-hydrogen) atoms. The number of hydrogen-bond acceptors (Lipinski definition) is 3. The van der Waals surface area contributed by atoms with E-state index in [2.05, 4.69) is 42.3 Å². The van der Waals surface area contributed by atoms with Crippen LogP contribution in [-0.4, -0.2) is 36.7 Å². The lowest BCUT2D eigenvalue weighted by Gasteiger charge is -2.44. The fourth-order valence-corrected chi connectivity index (χ4v) is 4.69. The Morgan fingerprint density at radius 2 is 1.72 bits per heavy atom. The third kappa shape index (κ3) is 4.44. The van der Waals surface area contributed by atoms with Gasteiger partial charge in [-0.3, -0.25) is 4.90 Å². The van der Waals surface area contributed by atoms with Crippen LogP contribution in [0.25, 0.3) is 0 Å². The summed E-state index contributed by atoms with van der Waals surface area (Å²) in [4.78, 5) is 2.64. The predicted molar refractivity (Wildman–Crippen MR) is 108 cm³/mol. The SMILES string of the molecule is CC1(C)Cc2cccc(CN3CCC4(CCNCC4)CC3)c2O1.Cl.Cl. The molecular weight excluding hydrogens is 355 g/mol. The van der Waals surface area contributed by atoms with E-state index in [0.717, 1.165) is 13.0 Å². The number of likely N-dealkylation sites (tertiary alicyclic amines) is 1. The molecule has 3 nitrogen and oxygen atoms in total. The minimum absolute atomic E-state index is 0. The largest absolute Gasteiger partial charge is 0.487 e. The molecule has 1 spiro atoms. The Morgan fingerprint density at radius 1 is 1.04 bits per heavy atom. The van der Waals surface area contributed by atoms with E-state index >= 15 is 0 Å². The third-order valence-corrected chi connectivity index (χ3v) is 6.15. The highest BCUT2D eigenvalue weighted by atomic mass is 35.5. The summed E-state index contributed by atoms with van der Waals surface area (Å²) in [6.45, 7) is 10.4. The van der Waals surface area contributed by atoms with Crippen LogP contribution in [0, 0.1) is 5.41 Å². The van der Waals surface area contributed by atoms with Gasteiger partial charge in [-0.25, -0.2) is 0 Å². The molecule has 3 aliphatic heterocycles. The van der Waals surface area contributed by atoms with E-state index in [9.17, 15) is 0 Å². The number of nitrogens with zero attached hydrogens (tertiary/aromatic N) is 1. The maximum atomic E-state index is 6.24. The summed E-state index contributed by atoms with van der Waals surface area (Å²) in [6.07, 6.45) is 6.52. The molecule has 1 aromatic rings. The van der Waals surface area contributed by atoms with Gasteiger partial charge in [0.1, 0.15) is 11.4 Å². The molecule has 0 atom stereocenters. The average Bonchev–Trinajstić information content (AvgIpc) is 2.86. The molecule has 1 N–H and O–H groups in total. The van der Waals surface area contributed by atoms with Gasteiger partial charge in [-0.1, -0.05) is 18.2 Å². The number of ether oxygens (including phenoxy) is 1. The molecule has 3 heterocycles. The fraction of sp³-hybridized carbons (Fsp3) is 0.700. The van der Waals surface area contributed by atoms with Crippen LogP contribution in [0.5, 0.6) is 5.75 Å². The molecular formula is C20H32Cl2N2O. The molecule has 0 amide bonds. The Kier molecular flexibility index (Phi) is 6.70. The quantitative estimate of drug-likeness (QED) is 0.823. The monoisotopic (exact) mass is 386 g/mol. The van der Waals surface area contributed by atoms with Crippen molar-refractivity contribution in [1.29, 1.82) is 0 Å². The summed E-state index contributed by atoms with van der Waals surface area (Å²) in [7, 11) is 0. The maximum Gasteiger partial charge on any atom is 0.127 e. The van der Waals surface area contributed by atoms with Crippen molar-refractivity contribution >= 4 is 24.8 Å². The highest BCUT2D eigenvalue weighted by Crippen LogP contribution is 2.41. The van der Waals surface area contributed by atoms with Gasteiger partial charge in [-0.15, -0.1) is 24.8 Å². The lowest BCUT2D eigenvalue weighted by molar-refractivity contribution is 0.0688. The number of para-hydroxylation sites is 1. The lowest BCUT2D eigenvalue weighted by Crippen LogP contribution is -2.45. The number of piperidine rings is 2. The standard InChI is InChI=1S/C20H30N2O.2ClH/c1-19(2)14-16-4-3-5-17(18(16)23-19)15-22-12-8-20(9-13-22)6-10-21-11-7-20;;/h3-5,21H,6-15H2,1-2H3;2*1H. The maximum absolute atomic E-state index is 6.24. The van der Waals surface area contributed by atoms with Crippen molar-refractivity contribution in [3.8, 4) is 5.75 Å². The van der Waals surface area contributed by atoms with Gasteiger partial charge in [0, 0.05) is 18.5 Å². The Labute approximate surface area is 164 Å². The summed E-state index contributed by atoms with van der Waals surface area (Å²) in [6, 6.07) is 6.69. The zero-order chi connectivity index (χ0) is 15.9. The number of benzene rings is 1. The Bertz CT molecular complexity index is 575. The van der Waals surface area contributed by atoms with Crippen molar-refractivity contribution in [3.05, 3.63) is 29.3 Å². The number of halogens is 2. The summed E-state index contributed by atoms with van der Waals surface area (Å²) in [5, 5.41) is 3.51. The van der Waals surface area contributed by atoms with Gasteiger partial charge in [-0.2, -0.15) is 0 Å². The summed E-state index contributed by atoms with van der Waals surface area (Å²) < 4.78 is 6.24. The van der Waals surface area contributed by atoms with Crippen LogP contribution >= 0.6 is 24.8 Å². The summed E-state index contributed by atoms with van der Waals surface area (Å²) >= 11 is 0. The lowest BCUT2D eigenvalue weighted by atomic mass is 9.71. The fourth-order valence-electron chi connectivity index (χ4n) is 4.69. The van der Waals surface area contributed by atoms with Crippen molar-refractivity contribution in [1.82, 2.24) is 10.2 Å². The van der Waals surface area contributed by atoms with Crippen LogP contribution in [0.3, 0.4) is 0 Å². The van der Waals surface area contributed by atoms with E-state index in [4.69, 9.17) is 4.74 Å². The molecule has 5 heteroatoms. The molecule has 0 aromatic heterocycles. The van der Waals surface area contributed by atoms with Crippen LogP contribution in [0.4, 0.5) is 0 Å². The van der Waals surface area contributed by atoms with Crippen LogP contribution < -0.4 is 10.1 Å². The molecule has 2 fully saturated rings. The molecule has 0 bridgehead atoms. The zero-order valence-electron chi connectivity index (χ0n) is 15.5. The second-order valence-corrected chi connectivity index (χ2v) is 8.47. The molecule has 3 aliphatic rings. The first-order chi connectivity index (χ1) is 11.1. The molecule has 142 valence electrons. The number of nitrogens with one attached hydrogen (secondary N) is 1. The van der Waals surface area contributed by atoms with Crippen LogP contribution in [0.1, 0.15) is 50.7 Å². The van der Waals surface area contributed by atoms with Crippen molar-refractivity contribution in [2.45, 2.75) is 58.1 Å². The first kappa shape index (κ1) is 20.8. The molecule has 4 rings (SSSR count). The highest BCUT2D eigenvalue weighted by molar-refractivity contribution is 5.85. The second kappa shape index (κ2) is 8.04. The first-order valence-corrected chi connectivity index (χ1v) is 9.28. The molecule has 1 aromatic carbocycles. The third-order valence-electron chi connectivity index (χ3n) is 6.15. The smallest absolute Gasteiger partial charge is 0.127 e. The Balaban J connectivity index is 0.00000113. The highest BCUT2D eigenvalue weighted by Gasteiger charge is 2.36. The minimum atomic E-state index is -0.0422. The van der Waals surface area contributed by atoms with E-state index < -0.39 is 0 Å². The van der Waals surface area contributed by atoms with Gasteiger partial charge in [0.05, 0.1) is 0 Å². The van der Waals surface area contributed by atoms with Crippen molar-refractivity contribution in [3.63, 3.8) is 0 Å². The molecule has 0 aliphatic carbocycles. The molecule has 0 unspecified atom stereocenters. The average molecular weight is 387 g/mol. The van der Waals surface area contributed by atoms with E-state index in [1.807, 2.05) is 0 Å². The first-order valence-electron chi connectivity index (χ1n) is 9.28. The summed E-state index contributed by atoms with van der Waals surface area (Å²) in [5.74, 6) is 1.17. The normalized spacial score (nSPS) is 23.9.